The third kappa shape index (κ3) is 5.59. The maximum absolute atomic E-state index is 6.30. The van der Waals surface area contributed by atoms with E-state index in [2.05, 4.69) is 41.5 Å². The summed E-state index contributed by atoms with van der Waals surface area (Å²) in [7, 11) is 0. The highest BCUT2D eigenvalue weighted by molar-refractivity contribution is 4.92. The Labute approximate surface area is 200 Å². The molecule has 2 saturated heterocycles. The second-order valence-electron chi connectivity index (χ2n) is 13.1. The van der Waals surface area contributed by atoms with E-state index in [1.54, 1.807) is 0 Å². The Morgan fingerprint density at radius 1 is 0.531 bits per heavy atom. The summed E-state index contributed by atoms with van der Waals surface area (Å²) in [6.07, 6.45) is 14.9. The predicted octanol–water partition coefficient (Wildman–Crippen LogP) is 7.99. The van der Waals surface area contributed by atoms with Crippen LogP contribution in [0, 0.1) is 59.2 Å². The summed E-state index contributed by atoms with van der Waals surface area (Å²) < 4.78 is 12.6. The van der Waals surface area contributed by atoms with E-state index < -0.39 is 0 Å². The van der Waals surface area contributed by atoms with Crippen molar-refractivity contribution in [1.29, 1.82) is 0 Å². The van der Waals surface area contributed by atoms with E-state index in [1.807, 2.05) is 0 Å². The Morgan fingerprint density at radius 2 is 0.938 bits per heavy atom. The van der Waals surface area contributed by atoms with E-state index in [-0.39, 0.29) is 0 Å². The Hall–Kier alpha value is -0.0800. The molecule has 186 valence electrons. The molecule has 0 amide bonds. The normalized spacial score (nSPS) is 47.4. The van der Waals surface area contributed by atoms with Crippen LogP contribution in [-0.4, -0.2) is 25.4 Å². The van der Waals surface area contributed by atoms with E-state index in [0.717, 1.165) is 72.4 Å². The van der Waals surface area contributed by atoms with Crippen molar-refractivity contribution in [3.8, 4) is 0 Å². The first-order valence-corrected chi connectivity index (χ1v) is 14.6. The molecule has 32 heavy (non-hydrogen) atoms. The van der Waals surface area contributed by atoms with E-state index in [1.165, 1.54) is 64.2 Å². The second kappa shape index (κ2) is 11.1. The van der Waals surface area contributed by atoms with Crippen molar-refractivity contribution in [3.63, 3.8) is 0 Å². The monoisotopic (exact) mass is 446 g/mol. The molecule has 4 rings (SSSR count). The minimum atomic E-state index is 0.468. The molecule has 12 atom stereocenters. The number of rotatable bonds is 5. The molecule has 8 unspecified atom stereocenters. The molecule has 0 spiro atoms. The number of hydrogen-bond acceptors (Lipinski definition) is 2. The van der Waals surface area contributed by atoms with Crippen molar-refractivity contribution in [1.82, 2.24) is 0 Å². The van der Waals surface area contributed by atoms with E-state index in [9.17, 15) is 0 Å². The highest BCUT2D eigenvalue weighted by Gasteiger charge is 2.43. The molecule has 4 aliphatic rings. The molecular formula is C30H54O2. The van der Waals surface area contributed by atoms with Gasteiger partial charge in [0.15, 0.2) is 0 Å². The Kier molecular flexibility index (Phi) is 8.69. The van der Waals surface area contributed by atoms with Crippen LogP contribution in [0.3, 0.4) is 0 Å². The summed E-state index contributed by atoms with van der Waals surface area (Å²) in [4.78, 5) is 0. The van der Waals surface area contributed by atoms with Crippen molar-refractivity contribution in [3.05, 3.63) is 0 Å². The van der Waals surface area contributed by atoms with Gasteiger partial charge in [0.2, 0.25) is 0 Å². The van der Waals surface area contributed by atoms with Gasteiger partial charge >= 0.3 is 0 Å². The summed E-state index contributed by atoms with van der Waals surface area (Å²) >= 11 is 0. The fourth-order valence-corrected chi connectivity index (χ4v) is 8.68. The Morgan fingerprint density at radius 3 is 1.34 bits per heavy atom. The highest BCUT2D eigenvalue weighted by atomic mass is 16.5. The van der Waals surface area contributed by atoms with Gasteiger partial charge in [0, 0.05) is 0 Å². The molecule has 0 radical (unpaired) electrons. The molecular weight excluding hydrogens is 392 g/mol. The smallest absolute Gasteiger partial charge is 0.0547 e. The first-order chi connectivity index (χ1) is 15.3. The molecule has 2 nitrogen and oxygen atoms in total. The van der Waals surface area contributed by atoms with Crippen molar-refractivity contribution >= 4 is 0 Å². The molecule has 0 aromatic carbocycles. The van der Waals surface area contributed by atoms with Crippen LogP contribution in [0.25, 0.3) is 0 Å². The predicted molar refractivity (Wildman–Crippen MR) is 135 cm³/mol. The fraction of sp³-hybridized carbons (Fsp3) is 1.00. The van der Waals surface area contributed by atoms with Crippen molar-refractivity contribution < 1.29 is 9.47 Å². The van der Waals surface area contributed by atoms with Gasteiger partial charge in [-0.2, -0.15) is 0 Å². The van der Waals surface area contributed by atoms with Crippen LogP contribution < -0.4 is 0 Å². The van der Waals surface area contributed by atoms with Crippen LogP contribution in [0.2, 0.25) is 0 Å². The second-order valence-corrected chi connectivity index (χ2v) is 13.1. The van der Waals surface area contributed by atoms with Crippen LogP contribution in [0.5, 0.6) is 0 Å². The average Bonchev–Trinajstić information content (AvgIpc) is 3.10. The van der Waals surface area contributed by atoms with Crippen LogP contribution in [0.15, 0.2) is 0 Å². The van der Waals surface area contributed by atoms with Gasteiger partial charge in [-0.15, -0.1) is 0 Å². The van der Waals surface area contributed by atoms with Gasteiger partial charge in [-0.25, -0.2) is 0 Å². The summed E-state index contributed by atoms with van der Waals surface area (Å²) in [5, 5.41) is 0. The molecule has 2 saturated carbocycles. The van der Waals surface area contributed by atoms with Gasteiger partial charge in [-0.05, 0) is 112 Å². The van der Waals surface area contributed by atoms with Gasteiger partial charge in [0.25, 0.3) is 0 Å². The number of fused-ring (bicyclic) bond motifs is 2. The van der Waals surface area contributed by atoms with Crippen molar-refractivity contribution in [2.75, 3.05) is 13.2 Å². The highest BCUT2D eigenvalue weighted by Crippen LogP contribution is 2.49. The molecule has 0 bridgehead atoms. The first-order valence-electron chi connectivity index (χ1n) is 14.6. The van der Waals surface area contributed by atoms with Crippen LogP contribution in [-0.2, 0) is 9.47 Å². The lowest BCUT2D eigenvalue weighted by atomic mass is 9.60. The molecule has 0 aromatic heterocycles. The molecule has 2 aliphatic heterocycles. The third-order valence-electron chi connectivity index (χ3n) is 11.1. The molecule has 2 heterocycles. The minimum Gasteiger partial charge on any atom is -0.378 e. The van der Waals surface area contributed by atoms with Crippen molar-refractivity contribution in [2.45, 2.75) is 118 Å². The standard InChI is InChI=1S/C30H54O2/c1-19(25-13-9-21(3)27-15-11-23(5)31-17-29(25)27)7-8-20(2)26-14-10-22(4)28-16-12-24(6)32-18-30(26)28/h19-30H,7-18H2,1-6H3/t19?,20?,21-,22-,23?,24?,25+,26+,27?,28?,29?,30?/m1/s1. The largest absolute Gasteiger partial charge is 0.378 e. The summed E-state index contributed by atoms with van der Waals surface area (Å²) in [6, 6.07) is 0. The first kappa shape index (κ1) is 25.0. The Balaban J connectivity index is 1.35. The lowest BCUT2D eigenvalue weighted by molar-refractivity contribution is -0.0176. The summed E-state index contributed by atoms with van der Waals surface area (Å²) in [5.41, 5.74) is 0. The molecule has 0 N–H and O–H groups in total. The van der Waals surface area contributed by atoms with Crippen LogP contribution in [0.4, 0.5) is 0 Å². The molecule has 0 aromatic rings. The lowest BCUT2D eigenvalue weighted by Gasteiger charge is -2.45. The van der Waals surface area contributed by atoms with E-state index in [4.69, 9.17) is 9.47 Å². The maximum atomic E-state index is 6.30. The van der Waals surface area contributed by atoms with Gasteiger partial charge in [0.05, 0.1) is 25.4 Å². The zero-order chi connectivity index (χ0) is 22.8. The lowest BCUT2D eigenvalue weighted by Crippen LogP contribution is -2.39. The van der Waals surface area contributed by atoms with Gasteiger partial charge in [-0.1, -0.05) is 53.4 Å². The van der Waals surface area contributed by atoms with Gasteiger partial charge in [0.1, 0.15) is 0 Å². The minimum absolute atomic E-state index is 0.468. The third-order valence-corrected chi connectivity index (χ3v) is 11.1. The van der Waals surface area contributed by atoms with Gasteiger partial charge < -0.3 is 9.47 Å². The van der Waals surface area contributed by atoms with Crippen LogP contribution >= 0.6 is 0 Å². The quantitative estimate of drug-likeness (QED) is 0.426. The zero-order valence-corrected chi connectivity index (χ0v) is 22.2. The topological polar surface area (TPSA) is 18.5 Å². The fourth-order valence-electron chi connectivity index (χ4n) is 8.68. The van der Waals surface area contributed by atoms with Gasteiger partial charge in [-0.3, -0.25) is 0 Å². The summed E-state index contributed by atoms with van der Waals surface area (Å²) in [6.45, 7) is 16.8. The molecule has 2 heteroatoms. The number of hydrogen-bond donors (Lipinski definition) is 0. The molecule has 4 fully saturated rings. The number of ether oxygens (including phenoxy) is 2. The SMILES string of the molecule is CC1CCC2C(CO1)[C@H](C(C)CCC(C)[C@@H]1CC[C@@H](C)C3CCC(C)OCC31)CC[C@H]2C. The summed E-state index contributed by atoms with van der Waals surface area (Å²) in [5.74, 6) is 8.69. The zero-order valence-electron chi connectivity index (χ0n) is 22.2. The van der Waals surface area contributed by atoms with Crippen molar-refractivity contribution in [2.24, 2.45) is 59.2 Å². The maximum Gasteiger partial charge on any atom is 0.0547 e. The Bertz CT molecular complexity index is 525. The average molecular weight is 447 g/mol. The molecule has 2 aliphatic carbocycles. The van der Waals surface area contributed by atoms with Crippen LogP contribution in [0.1, 0.15) is 106 Å². The van der Waals surface area contributed by atoms with E-state index >= 15 is 0 Å². The van der Waals surface area contributed by atoms with E-state index in [0.29, 0.717) is 12.2 Å².